The molecular weight excluding hydrogens is 544 g/mol. The predicted octanol–water partition coefficient (Wildman–Crippen LogP) is 4.16. The van der Waals surface area contributed by atoms with E-state index in [0.717, 1.165) is 26.5 Å². The van der Waals surface area contributed by atoms with Crippen LogP contribution in [0.2, 0.25) is 0 Å². The van der Waals surface area contributed by atoms with Crippen LogP contribution in [0.4, 0.5) is 0 Å². The molecule has 4 aromatic rings. The average Bonchev–Trinajstić information content (AvgIpc) is 3.31. The second kappa shape index (κ2) is 11.6. The van der Waals surface area contributed by atoms with E-state index < -0.39 is 15.9 Å². The molecule has 0 fully saturated rings. The molecule has 0 saturated carbocycles. The molecular formula is C26H28N4O7S2. The second-order valence-electron chi connectivity index (χ2n) is 8.31. The van der Waals surface area contributed by atoms with Crippen molar-refractivity contribution in [3.05, 3.63) is 71.0 Å². The highest BCUT2D eigenvalue weighted by atomic mass is 32.2. The van der Waals surface area contributed by atoms with Gasteiger partial charge in [0.15, 0.2) is 5.16 Å². The fraction of sp³-hybridized carbons (Fsp3) is 0.269. The third-order valence-electron chi connectivity index (χ3n) is 6.00. The number of hydrogen-bond donors (Lipinski definition) is 0. The highest BCUT2D eigenvalue weighted by Gasteiger charge is 2.27. The third kappa shape index (κ3) is 5.43. The van der Waals surface area contributed by atoms with Crippen LogP contribution in [0.25, 0.3) is 11.0 Å². The van der Waals surface area contributed by atoms with Gasteiger partial charge in [-0.05, 0) is 44.2 Å². The van der Waals surface area contributed by atoms with Gasteiger partial charge in [0.1, 0.15) is 11.5 Å². The van der Waals surface area contributed by atoms with Gasteiger partial charge in [-0.2, -0.15) is 0 Å². The average molecular weight is 573 g/mol. The number of carbonyl (C=O) groups excluding carboxylic acids is 1. The molecule has 2 aromatic carbocycles. The molecule has 206 valence electrons. The normalized spacial score (nSPS) is 11.5. The molecule has 2 heterocycles. The van der Waals surface area contributed by atoms with E-state index in [4.69, 9.17) is 19.1 Å². The number of aryl methyl sites for hydroxylation is 1. The Hall–Kier alpha value is -3.65. The Labute approximate surface area is 230 Å². The summed E-state index contributed by atoms with van der Waals surface area (Å²) in [5.41, 5.74) is 3.36. The molecule has 0 aliphatic heterocycles. The first-order chi connectivity index (χ1) is 18.7. The molecule has 13 heteroatoms. The number of hydroxylamine groups is 2. The van der Waals surface area contributed by atoms with Crippen LogP contribution in [0.5, 0.6) is 11.5 Å². The summed E-state index contributed by atoms with van der Waals surface area (Å²) in [5.74, 6) is 0.872. The van der Waals surface area contributed by atoms with Crippen molar-refractivity contribution in [2.75, 3.05) is 28.4 Å². The van der Waals surface area contributed by atoms with Gasteiger partial charge in [0, 0.05) is 34.7 Å². The van der Waals surface area contributed by atoms with Gasteiger partial charge in [-0.1, -0.05) is 23.1 Å². The first kappa shape index (κ1) is 28.4. The molecule has 1 amide bonds. The topological polar surface area (TPSA) is 122 Å². The number of ether oxygens (including phenoxy) is 2. The zero-order valence-electron chi connectivity index (χ0n) is 22.3. The summed E-state index contributed by atoms with van der Waals surface area (Å²) in [6.45, 7) is 3.82. The number of methoxy groups -OCH3 is 2. The first-order valence-corrected chi connectivity index (χ1v) is 14.1. The van der Waals surface area contributed by atoms with Gasteiger partial charge in [-0.3, -0.25) is 9.78 Å². The van der Waals surface area contributed by atoms with Crippen LogP contribution >= 0.6 is 11.8 Å². The van der Waals surface area contributed by atoms with Crippen LogP contribution in [0.15, 0.2) is 58.7 Å². The minimum absolute atomic E-state index is 0.0579. The monoisotopic (exact) mass is 572 g/mol. The second-order valence-corrected chi connectivity index (χ2v) is 11.0. The summed E-state index contributed by atoms with van der Waals surface area (Å²) in [6, 6.07) is 10.6. The zero-order valence-corrected chi connectivity index (χ0v) is 23.9. The molecule has 0 unspecified atom stereocenters. The quantitative estimate of drug-likeness (QED) is 0.202. The molecule has 0 aliphatic rings. The molecule has 0 radical (unpaired) electrons. The Morgan fingerprint density at radius 2 is 1.77 bits per heavy atom. The SMILES string of the molecule is COc1ccc2nc(SCc3ncc(C)c(OC)c3C)n(S(=O)(=O)c3cccc(C(=O)N(OC)OC)c3)c2c1. The fourth-order valence-electron chi connectivity index (χ4n) is 4.05. The van der Waals surface area contributed by atoms with Crippen molar-refractivity contribution < 1.29 is 32.4 Å². The molecule has 39 heavy (non-hydrogen) atoms. The Balaban J connectivity index is 1.82. The van der Waals surface area contributed by atoms with Crippen molar-refractivity contribution in [2.45, 2.75) is 29.7 Å². The van der Waals surface area contributed by atoms with E-state index in [1.165, 1.54) is 57.4 Å². The summed E-state index contributed by atoms with van der Waals surface area (Å²) in [7, 11) is 1.39. The lowest BCUT2D eigenvalue weighted by Crippen LogP contribution is -2.29. The van der Waals surface area contributed by atoms with E-state index in [1.807, 2.05) is 13.8 Å². The van der Waals surface area contributed by atoms with Crippen molar-refractivity contribution in [3.63, 3.8) is 0 Å². The van der Waals surface area contributed by atoms with E-state index >= 15 is 0 Å². The Morgan fingerprint density at radius 1 is 1.03 bits per heavy atom. The van der Waals surface area contributed by atoms with Crippen LogP contribution in [-0.4, -0.2) is 61.9 Å². The summed E-state index contributed by atoms with van der Waals surface area (Å²) < 4.78 is 40.2. The van der Waals surface area contributed by atoms with Crippen molar-refractivity contribution in [1.82, 2.24) is 19.2 Å². The number of hydrogen-bond acceptors (Lipinski definition) is 10. The number of benzene rings is 2. The van der Waals surface area contributed by atoms with Crippen molar-refractivity contribution in [1.29, 1.82) is 0 Å². The van der Waals surface area contributed by atoms with E-state index in [1.54, 1.807) is 31.5 Å². The van der Waals surface area contributed by atoms with Crippen LogP contribution in [0.1, 0.15) is 27.2 Å². The summed E-state index contributed by atoms with van der Waals surface area (Å²) in [6.07, 6.45) is 1.72. The summed E-state index contributed by atoms with van der Waals surface area (Å²) >= 11 is 1.22. The van der Waals surface area contributed by atoms with E-state index in [-0.39, 0.29) is 15.6 Å². The first-order valence-electron chi connectivity index (χ1n) is 11.6. The van der Waals surface area contributed by atoms with Crippen molar-refractivity contribution >= 4 is 38.7 Å². The van der Waals surface area contributed by atoms with Crippen molar-refractivity contribution in [2.24, 2.45) is 0 Å². The molecule has 11 nitrogen and oxygen atoms in total. The maximum atomic E-state index is 14.1. The van der Waals surface area contributed by atoms with Crippen LogP contribution in [0.3, 0.4) is 0 Å². The smallest absolute Gasteiger partial charge is 0.303 e. The standard InChI is InChI=1S/C26H28N4O7S2/c1-16-14-27-22(17(2)24(16)35-4)15-38-26-28-21-11-10-19(34-3)13-23(21)29(26)39(32,33)20-9-7-8-18(12-20)25(31)30(36-5)37-6/h7-14H,15H2,1-6H3. The number of imidazole rings is 1. The highest BCUT2D eigenvalue weighted by molar-refractivity contribution is 7.99. The van der Waals surface area contributed by atoms with Crippen molar-refractivity contribution in [3.8, 4) is 11.5 Å². The predicted molar refractivity (Wildman–Crippen MR) is 145 cm³/mol. The molecule has 0 N–H and O–H groups in total. The number of carbonyl (C=O) groups is 1. The number of amides is 1. The van der Waals surface area contributed by atoms with Gasteiger partial charge >= 0.3 is 5.91 Å². The zero-order chi connectivity index (χ0) is 28.3. The summed E-state index contributed by atoms with van der Waals surface area (Å²) in [4.78, 5) is 31.5. The van der Waals surface area contributed by atoms with Crippen LogP contribution in [-0.2, 0) is 25.5 Å². The molecule has 0 bridgehead atoms. The summed E-state index contributed by atoms with van der Waals surface area (Å²) in [5, 5.41) is 0.876. The lowest BCUT2D eigenvalue weighted by atomic mass is 10.1. The van der Waals surface area contributed by atoms with Gasteiger partial charge in [0.05, 0.1) is 50.1 Å². The molecule has 0 spiro atoms. The van der Waals surface area contributed by atoms with Gasteiger partial charge in [0.2, 0.25) is 0 Å². The maximum Gasteiger partial charge on any atom is 0.303 e. The third-order valence-corrected chi connectivity index (χ3v) is 8.76. The van der Waals surface area contributed by atoms with E-state index in [9.17, 15) is 13.2 Å². The molecule has 0 aliphatic carbocycles. The van der Waals surface area contributed by atoms with Gasteiger partial charge < -0.3 is 9.47 Å². The van der Waals surface area contributed by atoms with Crippen LogP contribution < -0.4 is 9.47 Å². The highest BCUT2D eigenvalue weighted by Crippen LogP contribution is 2.34. The Bertz CT molecular complexity index is 1630. The number of pyridine rings is 1. The van der Waals surface area contributed by atoms with Gasteiger partial charge in [0.25, 0.3) is 10.0 Å². The molecule has 0 atom stereocenters. The van der Waals surface area contributed by atoms with Gasteiger partial charge in [-0.25, -0.2) is 27.0 Å². The number of rotatable bonds is 10. The Morgan fingerprint density at radius 3 is 2.44 bits per heavy atom. The molecule has 4 rings (SSSR count). The van der Waals surface area contributed by atoms with Crippen LogP contribution in [0, 0.1) is 13.8 Å². The molecule has 2 aromatic heterocycles. The van der Waals surface area contributed by atoms with Gasteiger partial charge in [-0.15, -0.1) is 0 Å². The van der Waals surface area contributed by atoms with E-state index in [0.29, 0.717) is 27.8 Å². The minimum Gasteiger partial charge on any atom is -0.497 e. The Kier molecular flexibility index (Phi) is 8.45. The lowest BCUT2D eigenvalue weighted by Gasteiger charge is -2.16. The largest absolute Gasteiger partial charge is 0.497 e. The number of aromatic nitrogens is 3. The fourth-order valence-corrected chi connectivity index (χ4v) is 6.83. The number of thioether (sulfide) groups is 1. The number of nitrogens with zero attached hydrogens (tertiary/aromatic N) is 4. The number of fused-ring (bicyclic) bond motifs is 1. The maximum absolute atomic E-state index is 14.1. The lowest BCUT2D eigenvalue weighted by molar-refractivity contribution is -0.299. The minimum atomic E-state index is -4.23. The molecule has 0 saturated heterocycles. The van der Waals surface area contributed by atoms with E-state index in [2.05, 4.69) is 9.97 Å².